The topological polar surface area (TPSA) is 19.0 Å². The molecule has 0 heterocycles. The van der Waals surface area contributed by atoms with Crippen molar-refractivity contribution in [3.05, 3.63) is 23.3 Å². The van der Waals surface area contributed by atoms with Crippen molar-refractivity contribution in [2.75, 3.05) is 49.4 Å². The number of nitrogens with zero attached hydrogens (tertiary/aromatic N) is 3. The van der Waals surface area contributed by atoms with E-state index in [0.717, 1.165) is 0 Å². The van der Waals surface area contributed by atoms with Crippen LogP contribution in [0.5, 0.6) is 0 Å². The van der Waals surface area contributed by atoms with Gasteiger partial charge in [0.2, 0.25) is 0 Å². The van der Waals surface area contributed by atoms with Gasteiger partial charge in [0.25, 0.3) is 0 Å². The lowest BCUT2D eigenvalue weighted by Crippen LogP contribution is -2.63. The lowest BCUT2D eigenvalue weighted by atomic mass is 9.72. The van der Waals surface area contributed by atoms with Crippen molar-refractivity contribution in [3.63, 3.8) is 0 Å². The molecule has 0 radical (unpaired) electrons. The molecule has 0 fully saturated rings. The summed E-state index contributed by atoms with van der Waals surface area (Å²) in [6, 6.07) is 0. The van der Waals surface area contributed by atoms with Crippen molar-refractivity contribution < 1.29 is 4.74 Å². The highest BCUT2D eigenvalue weighted by Crippen LogP contribution is 2.41. The molecule has 0 amide bonds. The van der Waals surface area contributed by atoms with Crippen LogP contribution >= 0.6 is 0 Å². The van der Waals surface area contributed by atoms with Crippen LogP contribution in [-0.4, -0.2) is 75.5 Å². The Morgan fingerprint density at radius 3 is 1.93 bits per heavy atom. The van der Waals surface area contributed by atoms with Gasteiger partial charge in [-0.3, -0.25) is 14.7 Å². The van der Waals surface area contributed by atoms with Crippen molar-refractivity contribution >= 4 is 0 Å². The van der Waals surface area contributed by atoms with Crippen molar-refractivity contribution in [1.82, 2.24) is 14.7 Å². The monoisotopic (exact) mass is 375 g/mol. The largest absolute Gasteiger partial charge is 0.362 e. The highest BCUT2D eigenvalue weighted by atomic mass is 16.5. The summed E-state index contributed by atoms with van der Waals surface area (Å²) < 4.78 is 5.83. The molecule has 0 aliphatic heterocycles. The van der Waals surface area contributed by atoms with Crippen LogP contribution in [0.1, 0.15) is 47.0 Å². The molecule has 0 spiro atoms. The average Bonchev–Trinajstić information content (AvgIpc) is 2.53. The first-order valence-corrected chi connectivity index (χ1v) is 9.83. The minimum absolute atomic E-state index is 0.210. The first-order chi connectivity index (χ1) is 12.3. The van der Waals surface area contributed by atoms with Crippen molar-refractivity contribution in [2.24, 2.45) is 5.41 Å². The van der Waals surface area contributed by atoms with Gasteiger partial charge in [0, 0.05) is 7.11 Å². The molecule has 0 saturated heterocycles. The molecule has 4 heteroatoms. The first kappa shape index (κ1) is 23.9. The zero-order valence-corrected chi connectivity index (χ0v) is 19.5. The molecule has 4 nitrogen and oxygen atoms in total. The molecule has 1 atom stereocenters. The molecule has 1 aliphatic carbocycles. The van der Waals surface area contributed by atoms with Gasteiger partial charge in [0.15, 0.2) is 5.79 Å². The lowest BCUT2D eigenvalue weighted by Gasteiger charge is -2.45. The molecule has 0 aromatic rings. The third-order valence-electron chi connectivity index (χ3n) is 5.88. The van der Waals surface area contributed by atoms with E-state index >= 15 is 0 Å². The van der Waals surface area contributed by atoms with Gasteiger partial charge >= 0.3 is 0 Å². The Hall–Kier alpha value is -1.12. The van der Waals surface area contributed by atoms with Crippen molar-refractivity contribution in [1.29, 1.82) is 0 Å². The zero-order chi connectivity index (χ0) is 21.0. The van der Waals surface area contributed by atoms with Crippen LogP contribution in [0.15, 0.2) is 23.3 Å². The Bertz CT molecular complexity index is 610. The highest BCUT2D eigenvalue weighted by Gasteiger charge is 2.36. The molecule has 1 unspecified atom stereocenters. The number of hydrogen-bond donors (Lipinski definition) is 0. The molecule has 0 bridgehead atoms. The normalized spacial score (nSPS) is 20.4. The number of hydrogen-bond acceptors (Lipinski definition) is 4. The zero-order valence-electron chi connectivity index (χ0n) is 19.5. The van der Waals surface area contributed by atoms with E-state index in [0.29, 0.717) is 0 Å². The predicted molar refractivity (Wildman–Crippen MR) is 116 cm³/mol. The van der Waals surface area contributed by atoms with Gasteiger partial charge in [0.1, 0.15) is 5.60 Å². The van der Waals surface area contributed by atoms with E-state index in [1.165, 1.54) is 30.4 Å². The van der Waals surface area contributed by atoms with Crippen LogP contribution in [0.25, 0.3) is 0 Å². The Morgan fingerprint density at radius 1 is 1.00 bits per heavy atom. The maximum absolute atomic E-state index is 5.83. The molecule has 0 aromatic carbocycles. The first-order valence-electron chi connectivity index (χ1n) is 9.83. The van der Waals surface area contributed by atoms with Crippen LogP contribution in [-0.2, 0) is 4.74 Å². The summed E-state index contributed by atoms with van der Waals surface area (Å²) in [6.07, 6.45) is 8.05. The van der Waals surface area contributed by atoms with Crippen LogP contribution in [0.4, 0.5) is 0 Å². The fourth-order valence-corrected chi connectivity index (χ4v) is 4.16. The molecule has 0 aromatic heterocycles. The third kappa shape index (κ3) is 5.23. The van der Waals surface area contributed by atoms with E-state index < -0.39 is 11.4 Å². The molecule has 0 saturated carbocycles. The lowest BCUT2D eigenvalue weighted by molar-refractivity contribution is -0.0575. The van der Waals surface area contributed by atoms with Gasteiger partial charge in [-0.25, -0.2) is 0 Å². The molecule has 154 valence electrons. The fourth-order valence-electron chi connectivity index (χ4n) is 4.16. The van der Waals surface area contributed by atoms with Crippen LogP contribution < -0.4 is 0 Å². The van der Waals surface area contributed by atoms with Crippen LogP contribution in [0.2, 0.25) is 0 Å². The van der Waals surface area contributed by atoms with Gasteiger partial charge in [0.05, 0.1) is 0 Å². The molecular weight excluding hydrogens is 334 g/mol. The van der Waals surface area contributed by atoms with Gasteiger partial charge in [-0.2, -0.15) is 0 Å². The summed E-state index contributed by atoms with van der Waals surface area (Å²) in [5, 5.41) is 0. The molecule has 1 rings (SSSR count). The van der Waals surface area contributed by atoms with Gasteiger partial charge < -0.3 is 4.74 Å². The molecule has 0 N–H and O–H groups in total. The number of methoxy groups -OCH3 is 1. The summed E-state index contributed by atoms with van der Waals surface area (Å²) in [5.74, 6) is 6.38. The Morgan fingerprint density at radius 2 is 1.52 bits per heavy atom. The van der Waals surface area contributed by atoms with Crippen LogP contribution in [0, 0.1) is 17.3 Å². The summed E-state index contributed by atoms with van der Waals surface area (Å²) >= 11 is 0. The maximum Gasteiger partial charge on any atom is 0.195 e. The second-order valence-corrected chi connectivity index (χ2v) is 9.14. The third-order valence-corrected chi connectivity index (χ3v) is 5.88. The van der Waals surface area contributed by atoms with E-state index in [1.54, 1.807) is 7.11 Å². The van der Waals surface area contributed by atoms with E-state index in [9.17, 15) is 0 Å². The SMILES string of the molecule is COC(C)(C#CC(N(C)C)(N(C)C)N(C)C)/C=C/C1=C(C)CCCC1(C)C. The molecule has 27 heavy (non-hydrogen) atoms. The second kappa shape index (κ2) is 8.92. The number of ether oxygens (including phenoxy) is 1. The summed E-state index contributed by atoms with van der Waals surface area (Å²) in [5.41, 5.74) is 2.48. The Kier molecular flexibility index (Phi) is 7.90. The minimum Gasteiger partial charge on any atom is -0.362 e. The van der Waals surface area contributed by atoms with Crippen LogP contribution in [0.3, 0.4) is 0 Å². The molecule has 1 aliphatic rings. The van der Waals surface area contributed by atoms with E-state index in [1.807, 2.05) is 49.2 Å². The van der Waals surface area contributed by atoms with E-state index in [2.05, 4.69) is 59.5 Å². The van der Waals surface area contributed by atoms with Gasteiger partial charge in [-0.1, -0.05) is 31.4 Å². The maximum atomic E-state index is 5.83. The van der Waals surface area contributed by atoms with Crippen molar-refractivity contribution in [3.8, 4) is 11.8 Å². The second-order valence-electron chi connectivity index (χ2n) is 9.14. The quantitative estimate of drug-likeness (QED) is 0.519. The Labute approximate surface area is 168 Å². The average molecular weight is 376 g/mol. The smallest absolute Gasteiger partial charge is 0.195 e. The minimum atomic E-state index is -0.645. The summed E-state index contributed by atoms with van der Waals surface area (Å²) in [7, 11) is 14.0. The van der Waals surface area contributed by atoms with E-state index in [-0.39, 0.29) is 5.41 Å². The van der Waals surface area contributed by atoms with E-state index in [4.69, 9.17) is 4.74 Å². The van der Waals surface area contributed by atoms with Gasteiger partial charge in [-0.05, 0) is 98.4 Å². The number of rotatable bonds is 6. The summed E-state index contributed by atoms with van der Waals surface area (Å²) in [6.45, 7) is 8.96. The molecular formula is C23H41N3O. The number of allylic oxidation sites excluding steroid dienone is 3. The Balaban J connectivity index is 3.32. The summed E-state index contributed by atoms with van der Waals surface area (Å²) in [4.78, 5) is 6.37. The van der Waals surface area contributed by atoms with Crippen molar-refractivity contribution in [2.45, 2.75) is 58.3 Å². The van der Waals surface area contributed by atoms with Gasteiger partial charge in [-0.15, -0.1) is 0 Å². The fraction of sp³-hybridized carbons (Fsp3) is 0.739. The highest BCUT2D eigenvalue weighted by molar-refractivity contribution is 5.36. The standard InChI is InChI=1S/C23H41N3O/c1-19-13-12-15-21(2,3)20(19)14-16-22(4,27-11)17-18-23(24(5)6,25(7)8)26(9)10/h14,16H,12-13,15H2,1-11H3/b16-14+. The predicted octanol–water partition coefficient (Wildman–Crippen LogP) is 3.82.